The highest BCUT2D eigenvalue weighted by molar-refractivity contribution is 5.82. The van der Waals surface area contributed by atoms with Gasteiger partial charge < -0.3 is 4.74 Å². The van der Waals surface area contributed by atoms with Crippen LogP contribution in [0, 0.1) is 34.5 Å². The van der Waals surface area contributed by atoms with Crippen molar-refractivity contribution in [1.82, 2.24) is 5.32 Å². The van der Waals surface area contributed by atoms with Gasteiger partial charge >= 0.3 is 0 Å². The Morgan fingerprint density at radius 2 is 2.05 bits per heavy atom. The molecule has 5 aliphatic rings. The zero-order valence-electron chi connectivity index (χ0n) is 13.9. The second-order valence-corrected chi connectivity index (χ2v) is 9.39. The number of carbonyl (C=O) groups is 1. The van der Waals surface area contributed by atoms with E-state index in [4.69, 9.17) is 4.74 Å². The first-order valence-corrected chi connectivity index (χ1v) is 9.41. The molecule has 3 aliphatic carbocycles. The van der Waals surface area contributed by atoms with Gasteiger partial charge in [0.05, 0.1) is 6.10 Å². The van der Waals surface area contributed by atoms with Crippen LogP contribution in [0.15, 0.2) is 0 Å². The van der Waals surface area contributed by atoms with Crippen molar-refractivity contribution in [2.45, 2.75) is 71.1 Å². The lowest BCUT2D eigenvalue weighted by molar-refractivity contribution is -0.190. The Morgan fingerprint density at radius 1 is 1.18 bits per heavy atom. The van der Waals surface area contributed by atoms with Crippen molar-refractivity contribution < 1.29 is 9.53 Å². The molecule has 1 N–H and O–H groups in total. The summed E-state index contributed by atoms with van der Waals surface area (Å²) in [5.74, 6) is 3.56. The standard InChI is InChI=1S/C19H29NO2/c1-18-6-5-14-13(15(18)8-12(21)9-18)4-3-11-7-17-20-10-16(22-17)19(11,14)2/h11,13-17,20H,3-10H2,1-2H3/t11-,13-,14+,15+,16-,17-,18-,19+/m1/s1. The quantitative estimate of drug-likeness (QED) is 0.747. The van der Waals surface area contributed by atoms with E-state index in [0.717, 1.165) is 37.1 Å². The van der Waals surface area contributed by atoms with E-state index < -0.39 is 0 Å². The predicted molar refractivity (Wildman–Crippen MR) is 84.2 cm³/mol. The Bertz CT molecular complexity index is 520. The zero-order valence-corrected chi connectivity index (χ0v) is 13.9. The van der Waals surface area contributed by atoms with Crippen LogP contribution in [0.4, 0.5) is 0 Å². The van der Waals surface area contributed by atoms with Crippen LogP contribution >= 0.6 is 0 Å². The summed E-state index contributed by atoms with van der Waals surface area (Å²) in [5, 5.41) is 3.58. The van der Waals surface area contributed by atoms with E-state index in [1.54, 1.807) is 0 Å². The monoisotopic (exact) mass is 303 g/mol. The summed E-state index contributed by atoms with van der Waals surface area (Å²) in [5.41, 5.74) is 0.656. The summed E-state index contributed by atoms with van der Waals surface area (Å²) in [6.45, 7) is 5.97. The van der Waals surface area contributed by atoms with Crippen molar-refractivity contribution in [3.05, 3.63) is 0 Å². The highest BCUT2D eigenvalue weighted by Crippen LogP contribution is 2.66. The van der Waals surface area contributed by atoms with E-state index in [2.05, 4.69) is 19.2 Å². The van der Waals surface area contributed by atoms with Crippen molar-refractivity contribution in [2.24, 2.45) is 34.5 Å². The maximum Gasteiger partial charge on any atom is 0.133 e. The van der Waals surface area contributed by atoms with E-state index in [1.807, 2.05) is 0 Å². The SMILES string of the molecule is C[C@]12CC[C@H]3[C@@H](CC[C@@H]4C[C@@H]5NC[C@@H](O5)[C@@]43C)[C@@H]1CC(=O)C2. The van der Waals surface area contributed by atoms with Gasteiger partial charge in [-0.3, -0.25) is 10.1 Å². The Balaban J connectivity index is 1.51. The smallest absolute Gasteiger partial charge is 0.133 e. The number of Topliss-reactive ketones (excluding diaryl/α,β-unsaturated/α-hetero) is 1. The van der Waals surface area contributed by atoms with Gasteiger partial charge in [-0.15, -0.1) is 0 Å². The maximum absolute atomic E-state index is 12.1. The average molecular weight is 303 g/mol. The third-order valence-electron chi connectivity index (χ3n) is 8.58. The number of hydrogen-bond acceptors (Lipinski definition) is 3. The molecule has 3 heteroatoms. The normalized spacial score (nSPS) is 59.8. The highest BCUT2D eigenvalue weighted by Gasteiger charge is 2.63. The summed E-state index contributed by atoms with van der Waals surface area (Å²) < 4.78 is 6.30. The third-order valence-corrected chi connectivity index (χ3v) is 8.58. The van der Waals surface area contributed by atoms with Gasteiger partial charge in [-0.1, -0.05) is 13.8 Å². The molecule has 8 atom stereocenters. The van der Waals surface area contributed by atoms with E-state index in [-0.39, 0.29) is 0 Å². The zero-order chi connectivity index (χ0) is 15.1. The van der Waals surface area contributed by atoms with Gasteiger partial charge in [0.15, 0.2) is 0 Å². The molecular formula is C19H29NO2. The fourth-order valence-electron chi connectivity index (χ4n) is 7.42. The van der Waals surface area contributed by atoms with Crippen molar-refractivity contribution in [3.63, 3.8) is 0 Å². The van der Waals surface area contributed by atoms with Crippen molar-refractivity contribution in [1.29, 1.82) is 0 Å². The molecule has 0 radical (unpaired) electrons. The molecule has 0 aromatic rings. The lowest BCUT2D eigenvalue weighted by Gasteiger charge is -2.61. The Hall–Kier alpha value is -0.410. The Morgan fingerprint density at radius 3 is 2.91 bits per heavy atom. The van der Waals surface area contributed by atoms with Crippen LogP contribution in [0.2, 0.25) is 0 Å². The van der Waals surface area contributed by atoms with Crippen molar-refractivity contribution in [2.75, 3.05) is 6.54 Å². The molecule has 2 heterocycles. The van der Waals surface area contributed by atoms with Crippen LogP contribution in [0.25, 0.3) is 0 Å². The van der Waals surface area contributed by atoms with Gasteiger partial charge in [0.1, 0.15) is 12.0 Å². The van der Waals surface area contributed by atoms with Gasteiger partial charge in [-0.25, -0.2) is 0 Å². The molecule has 2 saturated heterocycles. The summed E-state index contributed by atoms with van der Waals surface area (Å²) in [6.07, 6.45) is 8.95. The Kier molecular flexibility index (Phi) is 2.77. The van der Waals surface area contributed by atoms with Crippen LogP contribution in [-0.4, -0.2) is 24.7 Å². The fraction of sp³-hybridized carbons (Fsp3) is 0.947. The summed E-state index contributed by atoms with van der Waals surface area (Å²) >= 11 is 0. The molecule has 0 amide bonds. The molecule has 5 fully saturated rings. The molecule has 2 aliphatic heterocycles. The summed E-state index contributed by atoms with van der Waals surface area (Å²) in [4.78, 5) is 12.1. The van der Waals surface area contributed by atoms with E-state index in [0.29, 0.717) is 34.9 Å². The molecule has 5 rings (SSSR count). The largest absolute Gasteiger partial charge is 0.358 e. The average Bonchev–Trinajstić information content (AvgIpc) is 3.02. The summed E-state index contributed by atoms with van der Waals surface area (Å²) in [7, 11) is 0. The Labute approximate surface area is 133 Å². The second-order valence-electron chi connectivity index (χ2n) is 9.39. The molecule has 0 aromatic carbocycles. The first kappa shape index (κ1) is 14.0. The maximum atomic E-state index is 12.1. The molecule has 22 heavy (non-hydrogen) atoms. The number of fused-ring (bicyclic) bond motifs is 8. The number of nitrogens with one attached hydrogen (secondary N) is 1. The second kappa shape index (κ2) is 4.36. The van der Waals surface area contributed by atoms with Gasteiger partial charge in [-0.2, -0.15) is 0 Å². The molecule has 0 spiro atoms. The molecular weight excluding hydrogens is 274 g/mol. The number of hydrogen-bond donors (Lipinski definition) is 1. The van der Waals surface area contributed by atoms with Gasteiger partial charge in [-0.05, 0) is 61.2 Å². The van der Waals surface area contributed by atoms with Gasteiger partial charge in [0.25, 0.3) is 0 Å². The molecule has 3 saturated carbocycles. The van der Waals surface area contributed by atoms with Crippen LogP contribution in [0.5, 0.6) is 0 Å². The fourth-order valence-corrected chi connectivity index (χ4v) is 7.42. The molecule has 2 bridgehead atoms. The predicted octanol–water partition coefficient (Wildman–Crippen LogP) is 3.13. The van der Waals surface area contributed by atoms with E-state index in [9.17, 15) is 4.79 Å². The van der Waals surface area contributed by atoms with E-state index in [1.165, 1.54) is 32.1 Å². The summed E-state index contributed by atoms with van der Waals surface area (Å²) in [6, 6.07) is 0. The first-order chi connectivity index (χ1) is 10.5. The lowest BCUT2D eigenvalue weighted by Crippen LogP contribution is -2.58. The number of rotatable bonds is 0. The number of ether oxygens (including phenoxy) is 1. The number of carbonyl (C=O) groups excluding carboxylic acids is 1. The topological polar surface area (TPSA) is 38.3 Å². The minimum absolute atomic E-state index is 0.313. The van der Waals surface area contributed by atoms with Crippen molar-refractivity contribution in [3.8, 4) is 0 Å². The molecule has 0 aromatic heterocycles. The number of ketones is 1. The van der Waals surface area contributed by atoms with Crippen LogP contribution in [0.1, 0.15) is 58.8 Å². The first-order valence-electron chi connectivity index (χ1n) is 9.41. The van der Waals surface area contributed by atoms with Crippen LogP contribution in [0.3, 0.4) is 0 Å². The molecule has 3 nitrogen and oxygen atoms in total. The van der Waals surface area contributed by atoms with Crippen LogP contribution < -0.4 is 5.32 Å². The van der Waals surface area contributed by atoms with E-state index >= 15 is 0 Å². The van der Waals surface area contributed by atoms with Crippen LogP contribution in [-0.2, 0) is 9.53 Å². The molecule has 122 valence electrons. The lowest BCUT2D eigenvalue weighted by atomic mass is 9.46. The highest BCUT2D eigenvalue weighted by atomic mass is 16.5. The van der Waals surface area contributed by atoms with Crippen molar-refractivity contribution >= 4 is 5.78 Å². The van der Waals surface area contributed by atoms with Gasteiger partial charge in [0, 0.05) is 24.8 Å². The minimum Gasteiger partial charge on any atom is -0.358 e. The van der Waals surface area contributed by atoms with Gasteiger partial charge in [0.2, 0.25) is 0 Å². The molecule has 0 unspecified atom stereocenters. The minimum atomic E-state index is 0.313. The third kappa shape index (κ3) is 1.62.